The van der Waals surface area contributed by atoms with Crippen LogP contribution in [0, 0.1) is 11.8 Å². The van der Waals surface area contributed by atoms with E-state index in [4.69, 9.17) is 0 Å². The minimum absolute atomic E-state index is 0.120. The first-order valence-corrected chi connectivity index (χ1v) is 3.72. The van der Waals surface area contributed by atoms with Crippen LogP contribution in [-0.4, -0.2) is 19.1 Å². The lowest BCUT2D eigenvalue weighted by Crippen LogP contribution is -2.35. The number of amides is 2. The summed E-state index contributed by atoms with van der Waals surface area (Å²) in [6.07, 6.45) is 0.716. The number of nitrogens with one attached hydrogen (secondary N) is 2. The molecule has 0 unspecified atom stereocenters. The first kappa shape index (κ1) is 9.83. The van der Waals surface area contributed by atoms with Crippen molar-refractivity contribution in [2.24, 2.45) is 0 Å². The largest absolute Gasteiger partial charge is 0.338 e. The molecule has 62 valence electrons. The van der Waals surface area contributed by atoms with Gasteiger partial charge in [0.2, 0.25) is 0 Å². The lowest BCUT2D eigenvalue weighted by Gasteiger charge is -2.01. The van der Waals surface area contributed by atoms with Crippen molar-refractivity contribution in [1.29, 1.82) is 0 Å². The zero-order valence-corrected chi connectivity index (χ0v) is 7.03. The topological polar surface area (TPSA) is 41.1 Å². The van der Waals surface area contributed by atoms with Gasteiger partial charge in [-0.2, -0.15) is 0 Å². The van der Waals surface area contributed by atoms with Gasteiger partial charge in [-0.15, -0.1) is 11.8 Å². The molecule has 11 heavy (non-hydrogen) atoms. The summed E-state index contributed by atoms with van der Waals surface area (Å²) in [7, 11) is 0. The van der Waals surface area contributed by atoms with Crippen molar-refractivity contribution in [3.8, 4) is 11.8 Å². The number of carbonyl (C=O) groups is 1. The minimum atomic E-state index is -0.120. The second kappa shape index (κ2) is 6.94. The van der Waals surface area contributed by atoms with E-state index in [0.29, 0.717) is 19.5 Å². The summed E-state index contributed by atoms with van der Waals surface area (Å²) in [4.78, 5) is 10.7. The molecule has 0 radical (unpaired) electrons. The fourth-order valence-corrected chi connectivity index (χ4v) is 0.587. The quantitative estimate of drug-likeness (QED) is 0.456. The van der Waals surface area contributed by atoms with Crippen molar-refractivity contribution < 1.29 is 4.79 Å². The number of carbonyl (C=O) groups excluding carboxylic acids is 1. The van der Waals surface area contributed by atoms with Gasteiger partial charge in [-0.3, -0.25) is 0 Å². The van der Waals surface area contributed by atoms with E-state index in [1.54, 1.807) is 6.92 Å². The Kier molecular flexibility index (Phi) is 6.20. The average molecular weight is 154 g/mol. The monoisotopic (exact) mass is 154 g/mol. The molecule has 0 aliphatic rings. The number of urea groups is 1. The molecule has 0 aliphatic carbocycles. The van der Waals surface area contributed by atoms with Crippen LogP contribution in [0.3, 0.4) is 0 Å². The predicted molar refractivity (Wildman–Crippen MR) is 45.1 cm³/mol. The SMILES string of the molecule is CC#CCCNC(=O)NCC. The zero-order chi connectivity index (χ0) is 8.53. The van der Waals surface area contributed by atoms with Gasteiger partial charge in [-0.05, 0) is 13.8 Å². The van der Waals surface area contributed by atoms with E-state index < -0.39 is 0 Å². The second-order valence-corrected chi connectivity index (χ2v) is 1.96. The molecule has 2 amide bonds. The first-order valence-electron chi connectivity index (χ1n) is 3.72. The Labute approximate surface area is 67.6 Å². The fraction of sp³-hybridized carbons (Fsp3) is 0.625. The molecule has 0 aromatic rings. The molecule has 3 heteroatoms. The Morgan fingerprint density at radius 1 is 1.45 bits per heavy atom. The molecule has 0 saturated heterocycles. The normalized spacial score (nSPS) is 7.82. The molecule has 0 bridgehead atoms. The highest BCUT2D eigenvalue weighted by molar-refractivity contribution is 5.73. The Morgan fingerprint density at radius 3 is 2.73 bits per heavy atom. The maximum Gasteiger partial charge on any atom is 0.314 e. The minimum Gasteiger partial charge on any atom is -0.338 e. The molecule has 0 aromatic carbocycles. The summed E-state index contributed by atoms with van der Waals surface area (Å²) in [5, 5.41) is 5.29. The van der Waals surface area contributed by atoms with Crippen molar-refractivity contribution in [1.82, 2.24) is 10.6 Å². The van der Waals surface area contributed by atoms with Gasteiger partial charge in [0.25, 0.3) is 0 Å². The zero-order valence-electron chi connectivity index (χ0n) is 7.03. The molecule has 0 atom stereocenters. The maximum absolute atomic E-state index is 10.7. The van der Waals surface area contributed by atoms with Crippen LogP contribution in [0.25, 0.3) is 0 Å². The number of rotatable bonds is 3. The summed E-state index contributed by atoms with van der Waals surface area (Å²) >= 11 is 0. The lowest BCUT2D eigenvalue weighted by atomic mass is 10.4. The Morgan fingerprint density at radius 2 is 2.18 bits per heavy atom. The molecule has 0 fully saturated rings. The molecule has 0 aliphatic heterocycles. The van der Waals surface area contributed by atoms with Crippen molar-refractivity contribution >= 4 is 6.03 Å². The third-order valence-electron chi connectivity index (χ3n) is 1.05. The van der Waals surface area contributed by atoms with E-state index in [1.807, 2.05) is 6.92 Å². The Hall–Kier alpha value is -1.17. The summed E-state index contributed by atoms with van der Waals surface area (Å²) in [6, 6.07) is -0.120. The standard InChI is InChI=1S/C8H14N2O/c1-3-5-6-7-10-8(11)9-4-2/h4,6-7H2,1-2H3,(H2,9,10,11). The van der Waals surface area contributed by atoms with E-state index in [1.165, 1.54) is 0 Å². The summed E-state index contributed by atoms with van der Waals surface area (Å²) in [5.41, 5.74) is 0. The van der Waals surface area contributed by atoms with Crippen LogP contribution in [0.15, 0.2) is 0 Å². The van der Waals surface area contributed by atoms with Crippen LogP contribution in [0.2, 0.25) is 0 Å². The van der Waals surface area contributed by atoms with Gasteiger partial charge in [-0.25, -0.2) is 4.79 Å². The van der Waals surface area contributed by atoms with Gasteiger partial charge in [0.15, 0.2) is 0 Å². The fourth-order valence-electron chi connectivity index (χ4n) is 0.587. The Balaban J connectivity index is 3.22. The molecular formula is C8H14N2O. The van der Waals surface area contributed by atoms with Gasteiger partial charge in [0.05, 0.1) is 0 Å². The molecule has 0 saturated carbocycles. The summed E-state index contributed by atoms with van der Waals surface area (Å²) < 4.78 is 0. The van der Waals surface area contributed by atoms with Crippen LogP contribution in [-0.2, 0) is 0 Å². The van der Waals surface area contributed by atoms with Gasteiger partial charge >= 0.3 is 6.03 Å². The average Bonchev–Trinajstić information content (AvgIpc) is 1.99. The van der Waals surface area contributed by atoms with Crippen LogP contribution in [0.5, 0.6) is 0 Å². The molecule has 2 N–H and O–H groups in total. The van der Waals surface area contributed by atoms with E-state index in [2.05, 4.69) is 22.5 Å². The van der Waals surface area contributed by atoms with Crippen LogP contribution in [0.4, 0.5) is 4.79 Å². The smallest absolute Gasteiger partial charge is 0.314 e. The van der Waals surface area contributed by atoms with Gasteiger partial charge in [0.1, 0.15) is 0 Å². The molecule has 0 aromatic heterocycles. The highest BCUT2D eigenvalue weighted by atomic mass is 16.2. The highest BCUT2D eigenvalue weighted by Gasteiger charge is 1.92. The van der Waals surface area contributed by atoms with Crippen molar-refractivity contribution in [3.05, 3.63) is 0 Å². The third-order valence-corrected chi connectivity index (χ3v) is 1.05. The van der Waals surface area contributed by atoms with E-state index in [0.717, 1.165) is 0 Å². The van der Waals surface area contributed by atoms with E-state index in [-0.39, 0.29) is 6.03 Å². The summed E-state index contributed by atoms with van der Waals surface area (Å²) in [5.74, 6) is 5.60. The van der Waals surface area contributed by atoms with Gasteiger partial charge in [-0.1, -0.05) is 0 Å². The van der Waals surface area contributed by atoms with Crippen molar-refractivity contribution in [2.45, 2.75) is 20.3 Å². The number of hydrogen-bond acceptors (Lipinski definition) is 1. The molecule has 3 nitrogen and oxygen atoms in total. The molecule has 0 spiro atoms. The van der Waals surface area contributed by atoms with Gasteiger partial charge < -0.3 is 10.6 Å². The molecule has 0 rings (SSSR count). The van der Waals surface area contributed by atoms with Crippen molar-refractivity contribution in [3.63, 3.8) is 0 Å². The van der Waals surface area contributed by atoms with Crippen LogP contribution >= 0.6 is 0 Å². The van der Waals surface area contributed by atoms with Crippen LogP contribution in [0.1, 0.15) is 20.3 Å². The van der Waals surface area contributed by atoms with Crippen LogP contribution < -0.4 is 10.6 Å². The molecular weight excluding hydrogens is 140 g/mol. The van der Waals surface area contributed by atoms with Gasteiger partial charge in [0, 0.05) is 19.5 Å². The molecule has 0 heterocycles. The van der Waals surface area contributed by atoms with E-state index in [9.17, 15) is 4.79 Å². The third kappa shape index (κ3) is 6.72. The summed E-state index contributed by atoms with van der Waals surface area (Å²) in [6.45, 7) is 4.94. The highest BCUT2D eigenvalue weighted by Crippen LogP contribution is 1.71. The number of hydrogen-bond donors (Lipinski definition) is 2. The second-order valence-electron chi connectivity index (χ2n) is 1.96. The van der Waals surface area contributed by atoms with E-state index >= 15 is 0 Å². The van der Waals surface area contributed by atoms with Crippen molar-refractivity contribution in [2.75, 3.05) is 13.1 Å². The maximum atomic E-state index is 10.7. The predicted octanol–water partition coefficient (Wildman–Crippen LogP) is 0.719. The first-order chi connectivity index (χ1) is 5.31. The Bertz CT molecular complexity index is 167. The lowest BCUT2D eigenvalue weighted by molar-refractivity contribution is 0.241.